The topological polar surface area (TPSA) is 68.5 Å². The average molecular weight is 363 g/mol. The van der Waals surface area contributed by atoms with E-state index in [1.165, 1.54) is 6.92 Å². The van der Waals surface area contributed by atoms with Gasteiger partial charge in [-0.1, -0.05) is 30.3 Å². The summed E-state index contributed by atoms with van der Waals surface area (Å²) in [5.41, 5.74) is 1.65. The number of ether oxygens (including phenoxy) is 1. The number of ketones is 1. The Bertz CT molecular complexity index is 913. The second kappa shape index (κ2) is 8.36. The van der Waals surface area contributed by atoms with Crippen LogP contribution in [0.3, 0.4) is 0 Å². The van der Waals surface area contributed by atoms with Gasteiger partial charge in [0.05, 0.1) is 6.04 Å². The number of amides is 1. The van der Waals surface area contributed by atoms with Crippen molar-refractivity contribution in [2.24, 2.45) is 0 Å². The van der Waals surface area contributed by atoms with Gasteiger partial charge in [-0.2, -0.15) is 0 Å². The highest BCUT2D eigenvalue weighted by molar-refractivity contribution is 5.94. The lowest BCUT2D eigenvalue weighted by Gasteiger charge is -2.13. The van der Waals surface area contributed by atoms with E-state index in [0.29, 0.717) is 17.1 Å². The number of rotatable bonds is 7. The molecule has 0 fully saturated rings. The number of furan rings is 1. The number of benzene rings is 2. The lowest BCUT2D eigenvalue weighted by atomic mass is 10.1. The van der Waals surface area contributed by atoms with E-state index < -0.39 is 0 Å². The molecule has 1 heterocycles. The average Bonchev–Trinajstić information content (AvgIpc) is 3.16. The van der Waals surface area contributed by atoms with Gasteiger partial charge in [0.1, 0.15) is 18.1 Å². The van der Waals surface area contributed by atoms with Gasteiger partial charge in [0.25, 0.3) is 5.91 Å². The van der Waals surface area contributed by atoms with Crippen molar-refractivity contribution in [1.82, 2.24) is 5.32 Å². The molecule has 0 aliphatic heterocycles. The summed E-state index contributed by atoms with van der Waals surface area (Å²) >= 11 is 0. The quantitative estimate of drug-likeness (QED) is 0.625. The summed E-state index contributed by atoms with van der Waals surface area (Å²) in [6.45, 7) is 3.63. The molecule has 138 valence electrons. The van der Waals surface area contributed by atoms with Crippen LogP contribution in [0.15, 0.2) is 71.1 Å². The zero-order chi connectivity index (χ0) is 19.2. The van der Waals surface area contributed by atoms with Gasteiger partial charge in [0.15, 0.2) is 11.5 Å². The monoisotopic (exact) mass is 363 g/mol. The third-order valence-corrected chi connectivity index (χ3v) is 4.17. The van der Waals surface area contributed by atoms with Crippen molar-refractivity contribution in [3.8, 4) is 5.75 Å². The molecule has 1 aromatic heterocycles. The van der Waals surface area contributed by atoms with E-state index in [2.05, 4.69) is 5.32 Å². The molecule has 0 saturated heterocycles. The van der Waals surface area contributed by atoms with Crippen molar-refractivity contribution in [1.29, 1.82) is 0 Å². The Balaban J connectivity index is 1.56. The van der Waals surface area contributed by atoms with Crippen LogP contribution in [0.4, 0.5) is 0 Å². The van der Waals surface area contributed by atoms with E-state index in [4.69, 9.17) is 9.15 Å². The number of carbonyl (C=O) groups excluding carboxylic acids is 2. The number of carbonyl (C=O) groups is 2. The molecule has 1 amide bonds. The summed E-state index contributed by atoms with van der Waals surface area (Å²) in [5, 5.41) is 2.91. The van der Waals surface area contributed by atoms with Crippen LogP contribution in [0, 0.1) is 0 Å². The zero-order valence-corrected chi connectivity index (χ0v) is 15.3. The second-order valence-corrected chi connectivity index (χ2v) is 6.24. The summed E-state index contributed by atoms with van der Waals surface area (Å²) in [4.78, 5) is 23.6. The molecular formula is C22H21NO4. The Morgan fingerprint density at radius 1 is 1.00 bits per heavy atom. The van der Waals surface area contributed by atoms with Gasteiger partial charge in [-0.3, -0.25) is 9.59 Å². The number of hydrogen-bond donors (Lipinski definition) is 1. The van der Waals surface area contributed by atoms with Gasteiger partial charge in [0, 0.05) is 5.56 Å². The molecule has 0 spiro atoms. The molecule has 27 heavy (non-hydrogen) atoms. The van der Waals surface area contributed by atoms with Crippen molar-refractivity contribution < 1.29 is 18.7 Å². The van der Waals surface area contributed by atoms with Crippen LogP contribution in [0.25, 0.3) is 0 Å². The van der Waals surface area contributed by atoms with Crippen LogP contribution < -0.4 is 10.1 Å². The molecule has 0 radical (unpaired) electrons. The molecular weight excluding hydrogens is 342 g/mol. The standard InChI is InChI=1S/C22H21NO4/c1-15(17-6-4-3-5-7-17)23-22(25)21-13-12-20(27-21)14-26-19-10-8-18(9-11-19)16(2)24/h3-13,15H,14H2,1-2H3,(H,23,25). The van der Waals surface area contributed by atoms with Crippen molar-refractivity contribution in [3.05, 3.63) is 89.4 Å². The van der Waals surface area contributed by atoms with E-state index in [1.807, 2.05) is 37.3 Å². The van der Waals surface area contributed by atoms with Crippen LogP contribution in [0.2, 0.25) is 0 Å². The van der Waals surface area contributed by atoms with Gasteiger partial charge in [-0.15, -0.1) is 0 Å². The maximum atomic E-state index is 12.3. The molecule has 3 aromatic rings. The van der Waals surface area contributed by atoms with E-state index in [9.17, 15) is 9.59 Å². The minimum absolute atomic E-state index is 0.00738. The molecule has 3 rings (SSSR count). The largest absolute Gasteiger partial charge is 0.486 e. The Morgan fingerprint density at radius 2 is 1.70 bits per heavy atom. The SMILES string of the molecule is CC(=O)c1ccc(OCc2ccc(C(=O)NC(C)c3ccccc3)o2)cc1. The van der Waals surface area contributed by atoms with E-state index >= 15 is 0 Å². The molecule has 2 aromatic carbocycles. The van der Waals surface area contributed by atoms with Crippen LogP contribution in [0.1, 0.15) is 52.1 Å². The first-order valence-electron chi connectivity index (χ1n) is 8.71. The summed E-state index contributed by atoms with van der Waals surface area (Å²) < 4.78 is 11.2. The highest BCUT2D eigenvalue weighted by Gasteiger charge is 2.15. The van der Waals surface area contributed by atoms with Crippen molar-refractivity contribution in [3.63, 3.8) is 0 Å². The molecule has 5 nitrogen and oxygen atoms in total. The zero-order valence-electron chi connectivity index (χ0n) is 15.3. The first-order valence-corrected chi connectivity index (χ1v) is 8.71. The van der Waals surface area contributed by atoms with Crippen LogP contribution in [-0.4, -0.2) is 11.7 Å². The van der Waals surface area contributed by atoms with Crippen molar-refractivity contribution in [2.45, 2.75) is 26.5 Å². The molecule has 0 aliphatic carbocycles. The molecule has 0 saturated carbocycles. The van der Waals surface area contributed by atoms with Gasteiger partial charge in [0.2, 0.25) is 0 Å². The minimum atomic E-state index is -0.275. The molecule has 0 bridgehead atoms. The molecule has 1 N–H and O–H groups in total. The third-order valence-electron chi connectivity index (χ3n) is 4.17. The highest BCUT2D eigenvalue weighted by atomic mass is 16.5. The summed E-state index contributed by atoms with van der Waals surface area (Å²) in [7, 11) is 0. The molecule has 0 aliphatic rings. The first-order chi connectivity index (χ1) is 13.0. The van der Waals surface area contributed by atoms with Crippen LogP contribution in [0.5, 0.6) is 5.75 Å². The molecule has 1 unspecified atom stereocenters. The summed E-state index contributed by atoms with van der Waals surface area (Å²) in [6.07, 6.45) is 0. The first kappa shape index (κ1) is 18.5. The van der Waals surface area contributed by atoms with Gasteiger partial charge in [-0.25, -0.2) is 0 Å². The van der Waals surface area contributed by atoms with Gasteiger partial charge < -0.3 is 14.5 Å². The van der Waals surface area contributed by atoms with Crippen molar-refractivity contribution in [2.75, 3.05) is 0 Å². The lowest BCUT2D eigenvalue weighted by molar-refractivity contribution is 0.0907. The molecule has 1 atom stereocenters. The summed E-state index contributed by atoms with van der Waals surface area (Å²) in [6, 6.07) is 19.8. The van der Waals surface area contributed by atoms with Crippen LogP contribution in [-0.2, 0) is 6.61 Å². The fourth-order valence-corrected chi connectivity index (χ4v) is 2.61. The minimum Gasteiger partial charge on any atom is -0.486 e. The number of nitrogens with one attached hydrogen (secondary N) is 1. The normalized spacial score (nSPS) is 11.6. The fraction of sp³-hybridized carbons (Fsp3) is 0.182. The summed E-state index contributed by atoms with van der Waals surface area (Å²) in [5.74, 6) is 1.14. The number of hydrogen-bond acceptors (Lipinski definition) is 4. The predicted octanol–water partition coefficient (Wildman–Crippen LogP) is 4.55. The third kappa shape index (κ3) is 4.85. The Hall–Kier alpha value is -3.34. The van der Waals surface area contributed by atoms with Crippen molar-refractivity contribution >= 4 is 11.7 Å². The maximum Gasteiger partial charge on any atom is 0.287 e. The molecule has 5 heteroatoms. The van der Waals surface area contributed by atoms with E-state index in [0.717, 1.165) is 5.56 Å². The van der Waals surface area contributed by atoms with E-state index in [-0.39, 0.29) is 30.1 Å². The number of Topliss-reactive ketones (excluding diaryl/α,β-unsaturated/α-hetero) is 1. The second-order valence-electron chi connectivity index (χ2n) is 6.24. The van der Waals surface area contributed by atoms with E-state index in [1.54, 1.807) is 36.4 Å². The lowest BCUT2D eigenvalue weighted by Crippen LogP contribution is -2.26. The highest BCUT2D eigenvalue weighted by Crippen LogP contribution is 2.17. The smallest absolute Gasteiger partial charge is 0.287 e. The Morgan fingerprint density at radius 3 is 2.37 bits per heavy atom. The Kier molecular flexibility index (Phi) is 5.71. The van der Waals surface area contributed by atoms with Crippen LogP contribution >= 0.6 is 0 Å². The van der Waals surface area contributed by atoms with Gasteiger partial charge >= 0.3 is 0 Å². The maximum absolute atomic E-state index is 12.3. The predicted molar refractivity (Wildman–Crippen MR) is 102 cm³/mol. The Labute approximate surface area is 158 Å². The van der Waals surface area contributed by atoms with Gasteiger partial charge in [-0.05, 0) is 55.8 Å². The fourth-order valence-electron chi connectivity index (χ4n) is 2.61.